The highest BCUT2D eigenvalue weighted by atomic mass is 35.5. The Hall–Kier alpha value is -4.52. The van der Waals surface area contributed by atoms with Crippen LogP contribution in [0.15, 0.2) is 77.8 Å². The zero-order valence-corrected chi connectivity index (χ0v) is 23.3. The third-order valence-electron chi connectivity index (χ3n) is 5.99. The maximum absolute atomic E-state index is 13.1. The second kappa shape index (κ2) is 12.6. The first kappa shape index (κ1) is 28.5. The van der Waals surface area contributed by atoms with Crippen LogP contribution >= 0.6 is 23.4 Å². The maximum atomic E-state index is 13.1. The van der Waals surface area contributed by atoms with E-state index in [4.69, 9.17) is 26.1 Å². The number of carbonyl (C=O) groups is 2. The molecule has 1 aromatic heterocycles. The van der Waals surface area contributed by atoms with Crippen molar-refractivity contribution < 1.29 is 24.2 Å². The summed E-state index contributed by atoms with van der Waals surface area (Å²) >= 11 is 7.07. The number of anilines is 1. The van der Waals surface area contributed by atoms with Gasteiger partial charge in [-0.1, -0.05) is 53.7 Å². The molecule has 0 radical (unpaired) electrons. The zero-order chi connectivity index (χ0) is 28.8. The number of halogens is 1. The minimum absolute atomic E-state index is 0.0639. The quantitative estimate of drug-likeness (QED) is 0.210. The first-order valence-electron chi connectivity index (χ1n) is 12.0. The van der Waals surface area contributed by atoms with E-state index in [-0.39, 0.29) is 21.8 Å². The summed E-state index contributed by atoms with van der Waals surface area (Å²) in [4.78, 5) is 29.3. The molecule has 10 heteroatoms. The number of nitrogens with one attached hydrogen (secondary N) is 1. The van der Waals surface area contributed by atoms with Crippen LogP contribution in [0.5, 0.6) is 11.5 Å². The third-order valence-corrected chi connectivity index (χ3v) is 7.40. The second-order valence-electron chi connectivity index (χ2n) is 8.53. The lowest BCUT2D eigenvalue weighted by atomic mass is 9.98. The largest absolute Gasteiger partial charge is 0.497 e. The number of methoxy groups -OCH3 is 2. The Morgan fingerprint density at radius 2 is 1.77 bits per heavy atom. The summed E-state index contributed by atoms with van der Waals surface area (Å²) in [5.74, 6) is -0.478. The molecule has 1 amide bonds. The number of thioether (sulfide) groups is 1. The number of benzene rings is 3. The molecular weight excluding hydrogens is 550 g/mol. The summed E-state index contributed by atoms with van der Waals surface area (Å²) in [7, 11) is 3.10. The van der Waals surface area contributed by atoms with E-state index in [1.165, 1.54) is 18.2 Å². The monoisotopic (exact) mass is 573 g/mol. The highest BCUT2D eigenvalue weighted by Crippen LogP contribution is 2.40. The van der Waals surface area contributed by atoms with Crippen molar-refractivity contribution in [3.63, 3.8) is 0 Å². The Morgan fingerprint density at radius 3 is 2.42 bits per heavy atom. The third kappa shape index (κ3) is 6.20. The number of carboxylic acid groups (broad SMARTS) is 1. The summed E-state index contributed by atoms with van der Waals surface area (Å²) in [6.45, 7) is 1.68. The van der Waals surface area contributed by atoms with Crippen LogP contribution in [0, 0.1) is 11.3 Å². The van der Waals surface area contributed by atoms with Gasteiger partial charge >= 0.3 is 5.97 Å². The predicted molar refractivity (Wildman–Crippen MR) is 155 cm³/mol. The van der Waals surface area contributed by atoms with Gasteiger partial charge in [0.1, 0.15) is 22.6 Å². The Labute approximate surface area is 240 Å². The van der Waals surface area contributed by atoms with E-state index in [1.54, 1.807) is 39.3 Å². The minimum atomic E-state index is -1.20. The van der Waals surface area contributed by atoms with E-state index < -0.39 is 17.1 Å². The highest BCUT2D eigenvalue weighted by Gasteiger charge is 2.23. The second-order valence-corrected chi connectivity index (χ2v) is 10.3. The van der Waals surface area contributed by atoms with Crippen LogP contribution in [0.4, 0.5) is 5.69 Å². The number of aromatic carboxylic acids is 1. The summed E-state index contributed by atoms with van der Waals surface area (Å²) in [5, 5.41) is 22.0. The molecule has 0 saturated heterocycles. The van der Waals surface area contributed by atoms with Gasteiger partial charge in [0.2, 0.25) is 5.91 Å². The van der Waals surface area contributed by atoms with Crippen LogP contribution in [-0.2, 0) is 4.79 Å². The lowest BCUT2D eigenvalue weighted by molar-refractivity contribution is -0.115. The van der Waals surface area contributed by atoms with Crippen LogP contribution in [0.25, 0.3) is 22.4 Å². The van der Waals surface area contributed by atoms with Gasteiger partial charge in [0.15, 0.2) is 0 Å². The number of rotatable bonds is 9. The molecule has 0 saturated carbocycles. The first-order chi connectivity index (χ1) is 19.2. The molecule has 0 aliphatic heterocycles. The fourth-order valence-corrected chi connectivity index (χ4v) is 5.06. The molecule has 1 unspecified atom stereocenters. The van der Waals surface area contributed by atoms with Gasteiger partial charge < -0.3 is 19.9 Å². The molecule has 40 heavy (non-hydrogen) atoms. The number of carboxylic acids is 1. The van der Waals surface area contributed by atoms with Crippen molar-refractivity contribution in [2.75, 3.05) is 19.5 Å². The molecule has 202 valence electrons. The summed E-state index contributed by atoms with van der Waals surface area (Å²) < 4.78 is 11.0. The normalized spacial score (nSPS) is 11.3. The number of carbonyl (C=O) groups excluding carboxylic acids is 1. The number of hydrogen-bond donors (Lipinski definition) is 2. The number of nitrogens with zero attached hydrogens (tertiary/aromatic N) is 2. The molecule has 0 spiro atoms. The Kier molecular flexibility index (Phi) is 8.94. The molecule has 2 N–H and O–H groups in total. The topological polar surface area (TPSA) is 122 Å². The van der Waals surface area contributed by atoms with Gasteiger partial charge in [0, 0.05) is 22.4 Å². The number of pyridine rings is 1. The number of nitriles is 1. The molecule has 4 rings (SSSR count). The molecule has 0 fully saturated rings. The average Bonchev–Trinajstić information content (AvgIpc) is 2.97. The van der Waals surface area contributed by atoms with Gasteiger partial charge in [-0.25, -0.2) is 9.78 Å². The van der Waals surface area contributed by atoms with Crippen molar-refractivity contribution in [2.45, 2.75) is 17.2 Å². The zero-order valence-electron chi connectivity index (χ0n) is 21.8. The summed E-state index contributed by atoms with van der Waals surface area (Å²) in [6, 6.07) is 23.1. The molecule has 3 aromatic carbocycles. The number of hydrogen-bond acceptors (Lipinski definition) is 7. The van der Waals surface area contributed by atoms with Crippen molar-refractivity contribution in [3.8, 4) is 40.0 Å². The van der Waals surface area contributed by atoms with E-state index in [0.29, 0.717) is 33.3 Å². The van der Waals surface area contributed by atoms with E-state index in [9.17, 15) is 20.0 Å². The Morgan fingerprint density at radius 1 is 1.02 bits per heavy atom. The standard InChI is InChI=1S/C30H24ClN3O5S/c1-17(28(35)33-19-9-11-25(31)23(13-19)30(36)37)40-29-24(16-32)21(15-26(34-29)18-7-5-4-6-8-18)22-14-20(38-2)10-12-27(22)39-3/h4-15,17H,1-3H3,(H,33,35)(H,36,37). The van der Waals surface area contributed by atoms with Gasteiger partial charge in [-0.15, -0.1) is 0 Å². The summed E-state index contributed by atoms with van der Waals surface area (Å²) in [5.41, 5.74) is 3.09. The number of ether oxygens (including phenoxy) is 2. The van der Waals surface area contributed by atoms with Crippen LogP contribution in [-0.4, -0.2) is 41.4 Å². The molecule has 0 bridgehead atoms. The van der Waals surface area contributed by atoms with Gasteiger partial charge in [0.05, 0.1) is 41.3 Å². The van der Waals surface area contributed by atoms with E-state index in [0.717, 1.165) is 17.3 Å². The van der Waals surface area contributed by atoms with Crippen LogP contribution in [0.1, 0.15) is 22.8 Å². The van der Waals surface area contributed by atoms with E-state index >= 15 is 0 Å². The van der Waals surface area contributed by atoms with Crippen molar-refractivity contribution in [3.05, 3.63) is 88.9 Å². The molecular formula is C30H24ClN3O5S. The van der Waals surface area contributed by atoms with Crippen molar-refractivity contribution in [1.82, 2.24) is 4.98 Å². The predicted octanol–water partition coefficient (Wildman–Crippen LogP) is 6.78. The Balaban J connectivity index is 1.77. The molecule has 0 aliphatic carbocycles. The molecule has 1 atom stereocenters. The maximum Gasteiger partial charge on any atom is 0.337 e. The molecule has 0 aliphatic rings. The molecule has 1 heterocycles. The summed E-state index contributed by atoms with van der Waals surface area (Å²) in [6.07, 6.45) is 0. The van der Waals surface area contributed by atoms with Crippen molar-refractivity contribution in [2.24, 2.45) is 0 Å². The van der Waals surface area contributed by atoms with Gasteiger partial charge in [0.25, 0.3) is 0 Å². The Bertz CT molecular complexity index is 1620. The lowest BCUT2D eigenvalue weighted by Gasteiger charge is -2.17. The average molecular weight is 574 g/mol. The van der Waals surface area contributed by atoms with Gasteiger partial charge in [-0.2, -0.15) is 5.26 Å². The van der Waals surface area contributed by atoms with Gasteiger partial charge in [-0.3, -0.25) is 4.79 Å². The van der Waals surface area contributed by atoms with Crippen molar-refractivity contribution >= 4 is 40.9 Å². The van der Waals surface area contributed by atoms with Crippen LogP contribution in [0.2, 0.25) is 5.02 Å². The highest BCUT2D eigenvalue weighted by molar-refractivity contribution is 8.00. The minimum Gasteiger partial charge on any atom is -0.497 e. The van der Waals surface area contributed by atoms with E-state index in [1.807, 2.05) is 36.4 Å². The number of aromatic nitrogens is 1. The fourth-order valence-electron chi connectivity index (χ4n) is 3.94. The fraction of sp³-hybridized carbons (Fsp3) is 0.133. The van der Waals surface area contributed by atoms with E-state index in [2.05, 4.69) is 11.4 Å². The first-order valence-corrected chi connectivity index (χ1v) is 13.2. The lowest BCUT2D eigenvalue weighted by Crippen LogP contribution is -2.23. The molecule has 8 nitrogen and oxygen atoms in total. The smallest absolute Gasteiger partial charge is 0.337 e. The van der Waals surface area contributed by atoms with Crippen molar-refractivity contribution in [1.29, 1.82) is 5.26 Å². The number of amides is 1. The van der Waals surface area contributed by atoms with Crippen LogP contribution < -0.4 is 14.8 Å². The molecule has 4 aromatic rings. The SMILES string of the molecule is COc1ccc(OC)c(-c2cc(-c3ccccc3)nc(SC(C)C(=O)Nc3ccc(Cl)c(C(=O)O)c3)c2C#N)c1. The van der Waals surface area contributed by atoms with Crippen LogP contribution in [0.3, 0.4) is 0 Å². The van der Waals surface area contributed by atoms with Gasteiger partial charge in [-0.05, 0) is 49.4 Å².